The zero-order valence-corrected chi connectivity index (χ0v) is 23.1. The molecule has 1 atom stereocenters. The molecule has 37 heavy (non-hydrogen) atoms. The lowest BCUT2D eigenvalue weighted by atomic mass is 10.0. The van der Waals surface area contributed by atoms with Gasteiger partial charge in [0.2, 0.25) is 5.91 Å². The molecule has 0 unspecified atom stereocenters. The first-order valence-electron chi connectivity index (χ1n) is 12.6. The minimum atomic E-state index is -0.752. The van der Waals surface area contributed by atoms with E-state index in [9.17, 15) is 9.59 Å². The third-order valence-corrected chi connectivity index (χ3v) is 6.35. The molecule has 6 heteroatoms. The predicted octanol–water partition coefficient (Wildman–Crippen LogP) is 6.40. The molecule has 0 saturated heterocycles. The van der Waals surface area contributed by atoms with Crippen molar-refractivity contribution >= 4 is 23.4 Å². The Morgan fingerprint density at radius 2 is 1.54 bits per heavy atom. The summed E-state index contributed by atoms with van der Waals surface area (Å²) in [5, 5.41) is 3.60. The van der Waals surface area contributed by atoms with Gasteiger partial charge in [-0.05, 0) is 61.6 Å². The molecule has 0 aromatic heterocycles. The Kier molecular flexibility index (Phi) is 9.76. The molecule has 2 amide bonds. The Bertz CT molecular complexity index is 1170. The van der Waals surface area contributed by atoms with Crippen molar-refractivity contribution in [1.82, 2.24) is 10.2 Å². The van der Waals surface area contributed by atoms with Crippen molar-refractivity contribution in [2.24, 2.45) is 0 Å². The van der Waals surface area contributed by atoms with Crippen LogP contribution in [0.15, 0.2) is 78.9 Å². The van der Waals surface area contributed by atoms with E-state index < -0.39 is 11.6 Å². The summed E-state index contributed by atoms with van der Waals surface area (Å²) < 4.78 is 5.88. The van der Waals surface area contributed by atoms with Crippen molar-refractivity contribution in [3.05, 3.63) is 101 Å². The van der Waals surface area contributed by atoms with Crippen LogP contribution >= 0.6 is 11.6 Å². The Morgan fingerprint density at radius 1 is 0.919 bits per heavy atom. The number of rotatable bonds is 10. The highest BCUT2D eigenvalue weighted by Gasteiger charge is 2.32. The molecule has 1 N–H and O–H groups in total. The fraction of sp³-hybridized carbons (Fsp3) is 0.355. The largest absolute Gasteiger partial charge is 0.484 e. The number of ether oxygens (including phenoxy) is 1. The van der Waals surface area contributed by atoms with Gasteiger partial charge in [0.25, 0.3) is 5.91 Å². The van der Waals surface area contributed by atoms with Gasteiger partial charge in [-0.15, -0.1) is 0 Å². The van der Waals surface area contributed by atoms with Gasteiger partial charge in [0.15, 0.2) is 6.61 Å². The lowest BCUT2D eigenvalue weighted by Gasteiger charge is -2.34. The third-order valence-electron chi connectivity index (χ3n) is 5.98. The summed E-state index contributed by atoms with van der Waals surface area (Å²) in [7, 11) is 0. The van der Waals surface area contributed by atoms with Crippen LogP contribution in [-0.4, -0.2) is 34.9 Å². The van der Waals surface area contributed by atoms with Gasteiger partial charge >= 0.3 is 0 Å². The minimum absolute atomic E-state index is 0.184. The summed E-state index contributed by atoms with van der Waals surface area (Å²) >= 11 is 6.47. The Balaban J connectivity index is 1.91. The van der Waals surface area contributed by atoms with Gasteiger partial charge in [0, 0.05) is 23.5 Å². The second-order valence-electron chi connectivity index (χ2n) is 10.6. The van der Waals surface area contributed by atoms with Crippen molar-refractivity contribution in [1.29, 1.82) is 0 Å². The quantitative estimate of drug-likeness (QED) is 0.336. The lowest BCUT2D eigenvalue weighted by Crippen LogP contribution is -2.55. The maximum atomic E-state index is 13.7. The molecule has 0 bridgehead atoms. The molecular formula is C31H37ClN2O3. The summed E-state index contributed by atoms with van der Waals surface area (Å²) in [5.41, 5.74) is 2.46. The second kappa shape index (κ2) is 12.8. The molecule has 0 saturated carbocycles. The van der Waals surface area contributed by atoms with Gasteiger partial charge in [-0.25, -0.2) is 0 Å². The monoisotopic (exact) mass is 520 g/mol. The smallest absolute Gasteiger partial charge is 0.261 e. The number of amides is 2. The second-order valence-corrected chi connectivity index (χ2v) is 11.0. The van der Waals surface area contributed by atoms with Crippen LogP contribution in [0.25, 0.3) is 0 Å². The predicted molar refractivity (Wildman–Crippen MR) is 150 cm³/mol. The van der Waals surface area contributed by atoms with Crippen molar-refractivity contribution in [2.75, 3.05) is 6.61 Å². The van der Waals surface area contributed by atoms with Gasteiger partial charge in [-0.1, -0.05) is 86.1 Å². The highest BCUT2D eigenvalue weighted by molar-refractivity contribution is 6.31. The van der Waals surface area contributed by atoms with Crippen molar-refractivity contribution in [3.8, 4) is 5.75 Å². The topological polar surface area (TPSA) is 58.6 Å². The first kappa shape index (κ1) is 28.3. The minimum Gasteiger partial charge on any atom is -0.484 e. The van der Waals surface area contributed by atoms with Crippen LogP contribution in [0.1, 0.15) is 57.2 Å². The van der Waals surface area contributed by atoms with Gasteiger partial charge in [-0.3, -0.25) is 9.59 Å². The van der Waals surface area contributed by atoms with E-state index in [0.29, 0.717) is 23.1 Å². The molecule has 0 fully saturated rings. The average Bonchev–Trinajstić information content (AvgIpc) is 2.85. The summed E-state index contributed by atoms with van der Waals surface area (Å²) in [6, 6.07) is 24.1. The number of carbonyl (C=O) groups is 2. The molecule has 3 rings (SSSR count). The highest BCUT2D eigenvalue weighted by atomic mass is 35.5. The number of carbonyl (C=O) groups excluding carboxylic acids is 2. The van der Waals surface area contributed by atoms with Crippen LogP contribution in [-0.2, 0) is 22.6 Å². The van der Waals surface area contributed by atoms with E-state index in [1.54, 1.807) is 11.0 Å². The molecule has 0 spiro atoms. The SMILES string of the molecule is CC(C)c1ccc(OCC(=O)N(Cc2ccccc2Cl)[C@H](Cc2ccccc2)C(=O)NC(C)(C)C)cc1. The van der Waals surface area contributed by atoms with Crippen molar-refractivity contribution in [2.45, 2.75) is 65.1 Å². The fourth-order valence-corrected chi connectivity index (χ4v) is 4.19. The van der Waals surface area contributed by atoms with Crippen LogP contribution in [0.3, 0.4) is 0 Å². The Hall–Kier alpha value is -3.31. The van der Waals surface area contributed by atoms with Gasteiger partial charge in [0.05, 0.1) is 0 Å². The van der Waals surface area contributed by atoms with E-state index in [1.807, 2.05) is 93.6 Å². The molecule has 0 aliphatic rings. The van der Waals surface area contributed by atoms with Crippen molar-refractivity contribution < 1.29 is 14.3 Å². The third kappa shape index (κ3) is 8.64. The number of halogens is 1. The number of benzene rings is 3. The normalized spacial score (nSPS) is 12.2. The first-order valence-corrected chi connectivity index (χ1v) is 13.0. The van der Waals surface area contributed by atoms with Gasteiger partial charge in [0.1, 0.15) is 11.8 Å². The Morgan fingerprint density at radius 3 is 2.14 bits per heavy atom. The van der Waals surface area contributed by atoms with Gasteiger partial charge < -0.3 is 15.0 Å². The van der Waals surface area contributed by atoms with Gasteiger partial charge in [-0.2, -0.15) is 0 Å². The van der Waals surface area contributed by atoms with E-state index >= 15 is 0 Å². The molecule has 5 nitrogen and oxygen atoms in total. The Labute approximate surface area is 225 Å². The van der Waals surface area contributed by atoms with Crippen molar-refractivity contribution in [3.63, 3.8) is 0 Å². The van der Waals surface area contributed by atoms with E-state index in [2.05, 4.69) is 19.2 Å². The van der Waals surface area contributed by atoms with Crippen LogP contribution in [0.5, 0.6) is 5.75 Å². The van der Waals surface area contributed by atoms with Crippen LogP contribution in [0, 0.1) is 0 Å². The highest BCUT2D eigenvalue weighted by Crippen LogP contribution is 2.22. The standard InChI is InChI=1S/C31H37ClN2O3/c1-22(2)24-15-17-26(18-16-24)37-21-29(35)34(20-25-13-9-10-14-27(25)32)28(30(36)33-31(3,4)5)19-23-11-7-6-8-12-23/h6-18,22,28H,19-21H2,1-5H3,(H,33,36)/t28-/m1/s1. The molecule has 3 aromatic carbocycles. The molecule has 196 valence electrons. The zero-order chi connectivity index (χ0) is 27.0. The lowest BCUT2D eigenvalue weighted by molar-refractivity contribution is -0.143. The van der Waals surface area contributed by atoms with E-state index in [-0.39, 0.29) is 25.0 Å². The number of nitrogens with zero attached hydrogens (tertiary/aromatic N) is 1. The first-order chi connectivity index (χ1) is 17.5. The number of nitrogens with one attached hydrogen (secondary N) is 1. The fourth-order valence-electron chi connectivity index (χ4n) is 3.99. The maximum Gasteiger partial charge on any atom is 0.261 e. The molecule has 0 aliphatic heterocycles. The van der Waals surface area contributed by atoms with E-state index in [1.165, 1.54) is 5.56 Å². The maximum absolute atomic E-state index is 13.7. The molecule has 3 aromatic rings. The average molecular weight is 521 g/mol. The summed E-state index contributed by atoms with van der Waals surface area (Å²) in [4.78, 5) is 28.8. The molecular weight excluding hydrogens is 484 g/mol. The van der Waals surface area contributed by atoms with E-state index in [4.69, 9.17) is 16.3 Å². The van der Waals surface area contributed by atoms with Crippen LogP contribution in [0.4, 0.5) is 0 Å². The number of hydrogen-bond donors (Lipinski definition) is 1. The number of hydrogen-bond acceptors (Lipinski definition) is 3. The van der Waals surface area contributed by atoms with Crippen LogP contribution in [0.2, 0.25) is 5.02 Å². The molecule has 0 radical (unpaired) electrons. The molecule has 0 heterocycles. The molecule has 0 aliphatic carbocycles. The van der Waals surface area contributed by atoms with E-state index in [0.717, 1.165) is 11.1 Å². The summed E-state index contributed by atoms with van der Waals surface area (Å²) in [6.45, 7) is 10.0. The summed E-state index contributed by atoms with van der Waals surface area (Å²) in [5.74, 6) is 0.493. The summed E-state index contributed by atoms with van der Waals surface area (Å²) in [6.07, 6.45) is 0.363. The van der Waals surface area contributed by atoms with Crippen LogP contribution < -0.4 is 10.1 Å². The zero-order valence-electron chi connectivity index (χ0n) is 22.3.